The number of aryl methyl sites for hydroxylation is 2. The molecular formula is C12H20BrN3. The monoisotopic (exact) mass is 285 g/mol. The number of aromatic nitrogens is 2. The van der Waals surface area contributed by atoms with Crippen molar-refractivity contribution in [3.8, 4) is 0 Å². The van der Waals surface area contributed by atoms with Gasteiger partial charge >= 0.3 is 0 Å². The van der Waals surface area contributed by atoms with E-state index in [2.05, 4.69) is 44.5 Å². The summed E-state index contributed by atoms with van der Waals surface area (Å²) in [6.07, 6.45) is 3.69. The van der Waals surface area contributed by atoms with Gasteiger partial charge in [0.1, 0.15) is 0 Å². The molecule has 2 heterocycles. The molecule has 2 rings (SSSR count). The van der Waals surface area contributed by atoms with Crippen molar-refractivity contribution < 1.29 is 0 Å². The van der Waals surface area contributed by atoms with Crippen molar-refractivity contribution in [2.45, 2.75) is 46.2 Å². The Balaban J connectivity index is 2.19. The van der Waals surface area contributed by atoms with Crippen LogP contribution in [0.25, 0.3) is 0 Å². The number of hydrogen-bond donors (Lipinski definition) is 0. The molecule has 0 aliphatic carbocycles. The summed E-state index contributed by atoms with van der Waals surface area (Å²) >= 11 is 3.70. The second-order valence-corrected chi connectivity index (χ2v) is 5.15. The molecule has 1 fully saturated rings. The molecule has 3 nitrogen and oxygen atoms in total. The van der Waals surface area contributed by atoms with Gasteiger partial charge in [-0.25, -0.2) is 0 Å². The van der Waals surface area contributed by atoms with Crippen LogP contribution in [0.3, 0.4) is 0 Å². The first-order valence-electron chi connectivity index (χ1n) is 6.22. The minimum absolute atomic E-state index is 0.960. The van der Waals surface area contributed by atoms with E-state index in [0.717, 1.165) is 19.5 Å². The normalized spacial score (nSPS) is 17.2. The lowest BCUT2D eigenvalue weighted by Crippen LogP contribution is -2.21. The zero-order chi connectivity index (χ0) is 11.5. The molecule has 0 radical (unpaired) electrons. The van der Waals surface area contributed by atoms with Crippen LogP contribution in [0.2, 0.25) is 0 Å². The third-order valence-corrected chi connectivity index (χ3v) is 4.18. The van der Waals surface area contributed by atoms with Crippen molar-refractivity contribution in [2.75, 3.05) is 13.1 Å². The molecule has 1 aliphatic rings. The maximum Gasteiger partial charge on any atom is 0.0767 e. The van der Waals surface area contributed by atoms with Crippen molar-refractivity contribution in [3.63, 3.8) is 0 Å². The van der Waals surface area contributed by atoms with Crippen LogP contribution < -0.4 is 0 Å². The van der Waals surface area contributed by atoms with Gasteiger partial charge in [-0.3, -0.25) is 9.58 Å². The summed E-state index contributed by atoms with van der Waals surface area (Å²) in [5.74, 6) is 0. The predicted octanol–water partition coefficient (Wildman–Crippen LogP) is 2.82. The van der Waals surface area contributed by atoms with Crippen molar-refractivity contribution in [3.05, 3.63) is 15.9 Å². The molecule has 0 unspecified atom stereocenters. The highest BCUT2D eigenvalue weighted by molar-refractivity contribution is 9.10. The van der Waals surface area contributed by atoms with Gasteiger partial charge in [-0.2, -0.15) is 5.10 Å². The Hall–Kier alpha value is -0.350. The molecule has 0 atom stereocenters. The summed E-state index contributed by atoms with van der Waals surface area (Å²) in [5.41, 5.74) is 2.54. The summed E-state index contributed by atoms with van der Waals surface area (Å²) in [4.78, 5) is 2.52. The quantitative estimate of drug-likeness (QED) is 0.848. The van der Waals surface area contributed by atoms with E-state index in [9.17, 15) is 0 Å². The van der Waals surface area contributed by atoms with Gasteiger partial charge in [-0.15, -0.1) is 0 Å². The SMILES string of the molecule is CCc1nn(CC)c(CN2CCCC2)c1Br. The molecule has 0 amide bonds. The first-order chi connectivity index (χ1) is 7.76. The van der Waals surface area contributed by atoms with Crippen LogP contribution in [0.5, 0.6) is 0 Å². The van der Waals surface area contributed by atoms with E-state index in [1.165, 1.54) is 41.8 Å². The second-order valence-electron chi connectivity index (χ2n) is 4.36. The summed E-state index contributed by atoms with van der Waals surface area (Å²) in [5, 5.41) is 4.63. The number of nitrogens with zero attached hydrogens (tertiary/aromatic N) is 3. The Morgan fingerprint density at radius 2 is 1.94 bits per heavy atom. The number of rotatable bonds is 4. The smallest absolute Gasteiger partial charge is 0.0767 e. The third-order valence-electron chi connectivity index (χ3n) is 3.27. The maximum absolute atomic E-state index is 4.63. The minimum Gasteiger partial charge on any atom is -0.297 e. The molecular weight excluding hydrogens is 266 g/mol. The first kappa shape index (κ1) is 12.1. The van der Waals surface area contributed by atoms with Crippen molar-refractivity contribution in [1.82, 2.24) is 14.7 Å². The Bertz CT molecular complexity index is 353. The Labute approximate surface area is 106 Å². The molecule has 0 aromatic carbocycles. The largest absolute Gasteiger partial charge is 0.297 e. The lowest BCUT2D eigenvalue weighted by Gasteiger charge is -2.15. The van der Waals surface area contributed by atoms with Crippen LogP contribution in [-0.4, -0.2) is 27.8 Å². The minimum atomic E-state index is 0.960. The summed E-state index contributed by atoms with van der Waals surface area (Å²) in [7, 11) is 0. The van der Waals surface area contributed by atoms with Crippen LogP contribution in [0.4, 0.5) is 0 Å². The van der Waals surface area contributed by atoms with Crippen molar-refractivity contribution >= 4 is 15.9 Å². The van der Waals surface area contributed by atoms with Gasteiger partial charge in [-0.1, -0.05) is 6.92 Å². The van der Waals surface area contributed by atoms with Crippen LogP contribution in [0.15, 0.2) is 4.47 Å². The Morgan fingerprint density at radius 3 is 2.50 bits per heavy atom. The molecule has 0 saturated carbocycles. The Morgan fingerprint density at radius 1 is 1.25 bits per heavy atom. The summed E-state index contributed by atoms with van der Waals surface area (Å²) in [6.45, 7) is 8.80. The van der Waals surface area contributed by atoms with E-state index >= 15 is 0 Å². The molecule has 90 valence electrons. The van der Waals surface area contributed by atoms with Gasteiger partial charge in [0.2, 0.25) is 0 Å². The zero-order valence-electron chi connectivity index (χ0n) is 10.2. The zero-order valence-corrected chi connectivity index (χ0v) is 11.8. The molecule has 16 heavy (non-hydrogen) atoms. The van der Waals surface area contributed by atoms with Crippen LogP contribution in [-0.2, 0) is 19.5 Å². The van der Waals surface area contributed by atoms with E-state index in [1.54, 1.807) is 0 Å². The van der Waals surface area contributed by atoms with E-state index in [4.69, 9.17) is 0 Å². The molecule has 4 heteroatoms. The van der Waals surface area contributed by atoms with E-state index in [1.807, 2.05) is 0 Å². The first-order valence-corrected chi connectivity index (χ1v) is 7.02. The van der Waals surface area contributed by atoms with E-state index in [0.29, 0.717) is 0 Å². The van der Waals surface area contributed by atoms with Crippen LogP contribution >= 0.6 is 15.9 Å². The fourth-order valence-corrected chi connectivity index (χ4v) is 3.01. The fourth-order valence-electron chi connectivity index (χ4n) is 2.32. The van der Waals surface area contributed by atoms with E-state index in [-0.39, 0.29) is 0 Å². The standard InChI is InChI=1S/C12H20BrN3/c1-3-10-12(13)11(16(4-2)14-10)9-15-7-5-6-8-15/h3-9H2,1-2H3. The maximum atomic E-state index is 4.63. The molecule has 1 saturated heterocycles. The van der Waals surface area contributed by atoms with Crippen molar-refractivity contribution in [1.29, 1.82) is 0 Å². The van der Waals surface area contributed by atoms with Crippen LogP contribution in [0.1, 0.15) is 38.1 Å². The van der Waals surface area contributed by atoms with Gasteiger partial charge in [0, 0.05) is 13.1 Å². The summed E-state index contributed by atoms with van der Waals surface area (Å²) in [6, 6.07) is 0. The summed E-state index contributed by atoms with van der Waals surface area (Å²) < 4.78 is 3.37. The van der Waals surface area contributed by atoms with Gasteiger partial charge in [0.15, 0.2) is 0 Å². The number of likely N-dealkylation sites (tertiary alicyclic amines) is 1. The van der Waals surface area contributed by atoms with Gasteiger partial charge in [-0.05, 0) is 55.2 Å². The number of halogens is 1. The lowest BCUT2D eigenvalue weighted by molar-refractivity contribution is 0.318. The molecule has 0 bridgehead atoms. The third kappa shape index (κ3) is 2.33. The van der Waals surface area contributed by atoms with Gasteiger partial charge < -0.3 is 0 Å². The Kier molecular flexibility index (Phi) is 4.03. The highest BCUT2D eigenvalue weighted by atomic mass is 79.9. The van der Waals surface area contributed by atoms with Gasteiger partial charge in [0.05, 0.1) is 15.9 Å². The highest BCUT2D eigenvalue weighted by Crippen LogP contribution is 2.24. The lowest BCUT2D eigenvalue weighted by atomic mass is 10.3. The van der Waals surface area contributed by atoms with Crippen LogP contribution in [0, 0.1) is 0 Å². The highest BCUT2D eigenvalue weighted by Gasteiger charge is 2.18. The molecule has 0 N–H and O–H groups in total. The molecule has 1 aliphatic heterocycles. The van der Waals surface area contributed by atoms with Gasteiger partial charge in [0.25, 0.3) is 0 Å². The van der Waals surface area contributed by atoms with Crippen molar-refractivity contribution in [2.24, 2.45) is 0 Å². The van der Waals surface area contributed by atoms with E-state index < -0.39 is 0 Å². The number of hydrogen-bond acceptors (Lipinski definition) is 2. The molecule has 1 aromatic heterocycles. The predicted molar refractivity (Wildman–Crippen MR) is 69.5 cm³/mol. The second kappa shape index (κ2) is 5.32. The average molecular weight is 286 g/mol. The molecule has 1 aromatic rings. The topological polar surface area (TPSA) is 21.1 Å². The fraction of sp³-hybridized carbons (Fsp3) is 0.750. The molecule has 0 spiro atoms. The average Bonchev–Trinajstić information content (AvgIpc) is 2.89.